The molecule has 2 amide bonds. The maximum atomic E-state index is 13.3. The molecule has 0 aliphatic carbocycles. The molecule has 4 rings (SSSR count). The molecule has 0 radical (unpaired) electrons. The fraction of sp³-hybridized carbons (Fsp3) is 0.300. The molecule has 0 spiro atoms. The van der Waals surface area contributed by atoms with Crippen LogP contribution in [0, 0.1) is 5.82 Å². The SMILES string of the molecule is CC(=O)N1CCC(c2nnc3ccc(C(=O)NCc4cccc(F)c4)cn23)C1. The number of nitrogens with zero attached hydrogens (tertiary/aromatic N) is 4. The number of carbonyl (C=O) groups excluding carboxylic acids is 2. The van der Waals surface area contributed by atoms with Crippen LogP contribution in [-0.4, -0.2) is 44.4 Å². The summed E-state index contributed by atoms with van der Waals surface area (Å²) in [4.78, 5) is 25.9. The second-order valence-corrected chi connectivity index (χ2v) is 6.97. The van der Waals surface area contributed by atoms with Crippen molar-refractivity contribution in [2.45, 2.75) is 25.8 Å². The number of hydrogen-bond donors (Lipinski definition) is 1. The van der Waals surface area contributed by atoms with Gasteiger partial charge in [0.2, 0.25) is 5.91 Å². The number of halogens is 1. The summed E-state index contributed by atoms with van der Waals surface area (Å²) < 4.78 is 15.1. The lowest BCUT2D eigenvalue weighted by Crippen LogP contribution is -2.25. The predicted molar refractivity (Wildman–Crippen MR) is 100 cm³/mol. The molecule has 0 saturated carbocycles. The Morgan fingerprint density at radius 1 is 1.25 bits per heavy atom. The summed E-state index contributed by atoms with van der Waals surface area (Å²) >= 11 is 0. The molecule has 2 aromatic heterocycles. The highest BCUT2D eigenvalue weighted by atomic mass is 19.1. The first-order valence-corrected chi connectivity index (χ1v) is 9.14. The summed E-state index contributed by atoms with van der Waals surface area (Å²) in [6.45, 7) is 3.10. The van der Waals surface area contributed by atoms with Crippen molar-refractivity contribution in [3.05, 3.63) is 65.4 Å². The zero-order valence-corrected chi connectivity index (χ0v) is 15.4. The minimum absolute atomic E-state index is 0.0498. The second-order valence-electron chi connectivity index (χ2n) is 6.97. The Morgan fingerprint density at radius 2 is 2.11 bits per heavy atom. The van der Waals surface area contributed by atoms with Crippen LogP contribution in [0.1, 0.15) is 41.0 Å². The van der Waals surface area contributed by atoms with Gasteiger partial charge in [-0.15, -0.1) is 10.2 Å². The van der Waals surface area contributed by atoms with Gasteiger partial charge in [-0.3, -0.25) is 14.0 Å². The van der Waals surface area contributed by atoms with Crippen molar-refractivity contribution in [3.63, 3.8) is 0 Å². The van der Waals surface area contributed by atoms with Crippen LogP contribution in [0.25, 0.3) is 5.65 Å². The fourth-order valence-electron chi connectivity index (χ4n) is 3.51. The van der Waals surface area contributed by atoms with Crippen LogP contribution in [0.3, 0.4) is 0 Å². The van der Waals surface area contributed by atoms with Crippen LogP contribution in [0.4, 0.5) is 4.39 Å². The number of hydrogen-bond acceptors (Lipinski definition) is 4. The summed E-state index contributed by atoms with van der Waals surface area (Å²) in [6.07, 6.45) is 2.53. The third kappa shape index (κ3) is 3.58. The number of pyridine rings is 1. The molecule has 8 heteroatoms. The number of benzene rings is 1. The Morgan fingerprint density at radius 3 is 2.86 bits per heavy atom. The third-order valence-corrected chi connectivity index (χ3v) is 5.03. The number of likely N-dealkylation sites (tertiary alicyclic amines) is 1. The zero-order valence-electron chi connectivity index (χ0n) is 15.4. The first kappa shape index (κ1) is 18.1. The molecule has 1 N–H and O–H groups in total. The van der Waals surface area contributed by atoms with Crippen molar-refractivity contribution in [1.82, 2.24) is 24.8 Å². The number of nitrogens with one attached hydrogen (secondary N) is 1. The van der Waals surface area contributed by atoms with E-state index in [1.54, 1.807) is 42.3 Å². The first-order valence-electron chi connectivity index (χ1n) is 9.14. The molecule has 1 aliphatic rings. The molecule has 144 valence electrons. The molecule has 28 heavy (non-hydrogen) atoms. The summed E-state index contributed by atoms with van der Waals surface area (Å²) in [5.74, 6) is 0.290. The lowest BCUT2D eigenvalue weighted by atomic mass is 10.1. The number of fused-ring (bicyclic) bond motifs is 1. The molecule has 0 bridgehead atoms. The van der Waals surface area contributed by atoms with Gasteiger partial charge in [-0.25, -0.2) is 4.39 Å². The van der Waals surface area contributed by atoms with Gasteiger partial charge in [-0.1, -0.05) is 12.1 Å². The fourth-order valence-corrected chi connectivity index (χ4v) is 3.51. The highest BCUT2D eigenvalue weighted by Crippen LogP contribution is 2.26. The molecule has 1 unspecified atom stereocenters. The van der Waals surface area contributed by atoms with Crippen LogP contribution >= 0.6 is 0 Å². The van der Waals surface area contributed by atoms with Crippen molar-refractivity contribution < 1.29 is 14.0 Å². The van der Waals surface area contributed by atoms with Gasteiger partial charge in [0.25, 0.3) is 5.91 Å². The standard InChI is InChI=1S/C20H20FN5O2/c1-13(27)25-8-7-15(11-25)19-24-23-18-6-5-16(12-26(18)19)20(28)22-10-14-3-2-4-17(21)9-14/h2-6,9,12,15H,7-8,10-11H2,1H3,(H,22,28). The van der Waals surface area contributed by atoms with Crippen LogP contribution in [0.2, 0.25) is 0 Å². The Balaban J connectivity index is 1.52. The number of amides is 2. The summed E-state index contributed by atoms with van der Waals surface area (Å²) in [5.41, 5.74) is 1.80. The van der Waals surface area contributed by atoms with Crippen LogP contribution in [-0.2, 0) is 11.3 Å². The van der Waals surface area contributed by atoms with E-state index in [0.717, 1.165) is 12.2 Å². The van der Waals surface area contributed by atoms with Crippen molar-refractivity contribution >= 4 is 17.5 Å². The maximum Gasteiger partial charge on any atom is 0.253 e. The van der Waals surface area contributed by atoms with E-state index < -0.39 is 0 Å². The van der Waals surface area contributed by atoms with Crippen molar-refractivity contribution in [2.24, 2.45) is 0 Å². The van der Waals surface area contributed by atoms with Gasteiger partial charge in [0.05, 0.1) is 5.56 Å². The quantitative estimate of drug-likeness (QED) is 0.751. The highest BCUT2D eigenvalue weighted by Gasteiger charge is 2.29. The molecule has 3 aromatic rings. The van der Waals surface area contributed by atoms with E-state index >= 15 is 0 Å². The number of rotatable bonds is 4. The van der Waals surface area contributed by atoms with Crippen LogP contribution in [0.15, 0.2) is 42.6 Å². The van der Waals surface area contributed by atoms with Crippen molar-refractivity contribution in [1.29, 1.82) is 0 Å². The molecule has 1 atom stereocenters. The van der Waals surface area contributed by atoms with E-state index in [1.807, 2.05) is 4.40 Å². The molecule has 1 aliphatic heterocycles. The van der Waals surface area contributed by atoms with E-state index in [9.17, 15) is 14.0 Å². The molecular formula is C20H20FN5O2. The summed E-state index contributed by atoms with van der Waals surface area (Å²) in [7, 11) is 0. The minimum Gasteiger partial charge on any atom is -0.348 e. The van der Waals surface area contributed by atoms with Crippen molar-refractivity contribution in [2.75, 3.05) is 13.1 Å². The molecule has 1 saturated heterocycles. The predicted octanol–water partition coefficient (Wildman–Crippen LogP) is 2.13. The first-order chi connectivity index (χ1) is 13.5. The summed E-state index contributed by atoms with van der Waals surface area (Å²) in [5, 5.41) is 11.2. The van der Waals surface area contributed by atoms with E-state index in [-0.39, 0.29) is 30.1 Å². The Kier molecular flexibility index (Phi) is 4.77. The minimum atomic E-state index is -0.335. The van der Waals surface area contributed by atoms with Gasteiger partial charge in [0, 0.05) is 38.7 Å². The van der Waals surface area contributed by atoms with Gasteiger partial charge >= 0.3 is 0 Å². The highest BCUT2D eigenvalue weighted by molar-refractivity contribution is 5.94. The summed E-state index contributed by atoms with van der Waals surface area (Å²) in [6, 6.07) is 9.55. The Hall–Kier alpha value is -3.29. The van der Waals surface area contributed by atoms with Gasteiger partial charge in [0.1, 0.15) is 11.6 Å². The Bertz CT molecular complexity index is 1050. The monoisotopic (exact) mass is 381 g/mol. The molecule has 1 fully saturated rings. The van der Waals surface area contributed by atoms with Gasteiger partial charge in [-0.2, -0.15) is 0 Å². The molecular weight excluding hydrogens is 361 g/mol. The second kappa shape index (κ2) is 7.38. The Labute approximate surface area is 161 Å². The largest absolute Gasteiger partial charge is 0.348 e. The van der Waals surface area contributed by atoms with E-state index in [0.29, 0.717) is 29.9 Å². The lowest BCUT2D eigenvalue weighted by Gasteiger charge is -2.13. The molecule has 1 aromatic carbocycles. The molecule has 3 heterocycles. The van der Waals surface area contributed by atoms with Gasteiger partial charge in [-0.05, 0) is 36.2 Å². The van der Waals surface area contributed by atoms with Crippen LogP contribution < -0.4 is 5.32 Å². The normalized spacial score (nSPS) is 16.5. The van der Waals surface area contributed by atoms with Crippen molar-refractivity contribution in [3.8, 4) is 0 Å². The third-order valence-electron chi connectivity index (χ3n) is 5.03. The average Bonchev–Trinajstić information content (AvgIpc) is 3.32. The molecule has 7 nitrogen and oxygen atoms in total. The smallest absolute Gasteiger partial charge is 0.253 e. The van der Waals surface area contributed by atoms with Gasteiger partial charge in [0.15, 0.2) is 5.65 Å². The number of aromatic nitrogens is 3. The average molecular weight is 381 g/mol. The van der Waals surface area contributed by atoms with E-state index in [1.165, 1.54) is 12.1 Å². The van der Waals surface area contributed by atoms with E-state index in [2.05, 4.69) is 15.5 Å². The van der Waals surface area contributed by atoms with Crippen LogP contribution in [0.5, 0.6) is 0 Å². The van der Waals surface area contributed by atoms with E-state index in [4.69, 9.17) is 0 Å². The number of carbonyl (C=O) groups is 2. The maximum absolute atomic E-state index is 13.3. The topological polar surface area (TPSA) is 79.6 Å². The zero-order chi connectivity index (χ0) is 19.7. The lowest BCUT2D eigenvalue weighted by molar-refractivity contribution is -0.127. The van der Waals surface area contributed by atoms with Gasteiger partial charge < -0.3 is 10.2 Å².